The Labute approximate surface area is 144 Å². The second-order valence-electron chi connectivity index (χ2n) is 5.53. The van der Waals surface area contributed by atoms with Gasteiger partial charge in [0, 0.05) is 0 Å². The van der Waals surface area contributed by atoms with Gasteiger partial charge in [-0.1, -0.05) is 12.1 Å². The summed E-state index contributed by atoms with van der Waals surface area (Å²) in [6, 6.07) is 10.8. The lowest BCUT2D eigenvalue weighted by atomic mass is 10.1. The zero-order chi connectivity index (χ0) is 17.8. The second kappa shape index (κ2) is 7.12. The molecule has 1 aliphatic heterocycles. The van der Waals surface area contributed by atoms with E-state index in [4.69, 9.17) is 14.2 Å². The summed E-state index contributed by atoms with van der Waals surface area (Å²) >= 11 is 0. The predicted molar refractivity (Wildman–Crippen MR) is 87.5 cm³/mol. The molecule has 0 radical (unpaired) electrons. The van der Waals surface area contributed by atoms with E-state index in [1.165, 1.54) is 24.3 Å². The molecule has 0 unspecified atom stereocenters. The molecule has 0 spiro atoms. The van der Waals surface area contributed by atoms with E-state index < -0.39 is 18.5 Å². The number of carbonyl (C=O) groups is 2. The van der Waals surface area contributed by atoms with Crippen LogP contribution in [0.3, 0.4) is 0 Å². The van der Waals surface area contributed by atoms with Crippen molar-refractivity contribution in [2.24, 2.45) is 0 Å². The van der Waals surface area contributed by atoms with Gasteiger partial charge in [0.15, 0.2) is 18.1 Å². The summed E-state index contributed by atoms with van der Waals surface area (Å²) in [5.74, 6) is 0.145. The minimum absolute atomic E-state index is 0.0460. The molecule has 1 aliphatic rings. The zero-order valence-electron chi connectivity index (χ0n) is 13.5. The third-order valence-electron chi connectivity index (χ3n) is 3.69. The average molecular weight is 343 g/mol. The number of hydrogen-bond acceptors (Lipinski definition) is 6. The number of carbonyl (C=O) groups excluding carboxylic acids is 2. The summed E-state index contributed by atoms with van der Waals surface area (Å²) in [5, 5.41) is 12.1. The fraction of sp³-hybridized carbons (Fsp3) is 0.222. The van der Waals surface area contributed by atoms with Crippen LogP contribution in [0.2, 0.25) is 0 Å². The Morgan fingerprint density at radius 3 is 2.80 bits per heavy atom. The van der Waals surface area contributed by atoms with Gasteiger partial charge in [0.2, 0.25) is 6.79 Å². The monoisotopic (exact) mass is 343 g/mol. The molecule has 0 saturated carbocycles. The number of hydrogen-bond donors (Lipinski definition) is 2. The molecule has 3 rings (SSSR count). The van der Waals surface area contributed by atoms with E-state index in [9.17, 15) is 14.7 Å². The molecule has 2 aromatic carbocycles. The van der Waals surface area contributed by atoms with Crippen molar-refractivity contribution in [1.82, 2.24) is 5.32 Å². The van der Waals surface area contributed by atoms with Crippen LogP contribution < -0.4 is 14.8 Å². The van der Waals surface area contributed by atoms with Crippen LogP contribution in [0.1, 0.15) is 28.9 Å². The minimum atomic E-state index is -0.679. The Balaban J connectivity index is 1.53. The fourth-order valence-corrected chi connectivity index (χ4v) is 2.40. The maximum absolute atomic E-state index is 12.0. The number of esters is 1. The van der Waals surface area contributed by atoms with Gasteiger partial charge < -0.3 is 24.6 Å². The number of phenolic OH excluding ortho intramolecular Hbond substituents is 1. The molecule has 0 fully saturated rings. The van der Waals surface area contributed by atoms with Gasteiger partial charge in [-0.15, -0.1) is 0 Å². The summed E-state index contributed by atoms with van der Waals surface area (Å²) in [7, 11) is 0. The maximum atomic E-state index is 12.0. The first-order valence-corrected chi connectivity index (χ1v) is 7.68. The molecule has 130 valence electrons. The van der Waals surface area contributed by atoms with Crippen molar-refractivity contribution in [3.63, 3.8) is 0 Å². The largest absolute Gasteiger partial charge is 0.508 e. The fourth-order valence-electron chi connectivity index (χ4n) is 2.40. The number of aromatic hydroxyl groups is 1. The Morgan fingerprint density at radius 2 is 2.00 bits per heavy atom. The van der Waals surface area contributed by atoms with E-state index in [1.807, 2.05) is 13.0 Å². The first kappa shape index (κ1) is 16.6. The lowest BCUT2D eigenvalue weighted by Gasteiger charge is -2.15. The zero-order valence-corrected chi connectivity index (χ0v) is 13.5. The Kier molecular flexibility index (Phi) is 4.74. The molecule has 7 heteroatoms. The van der Waals surface area contributed by atoms with E-state index in [1.54, 1.807) is 12.1 Å². The Hall–Kier alpha value is -3.22. The molecule has 0 aliphatic carbocycles. The normalized spacial score (nSPS) is 13.2. The summed E-state index contributed by atoms with van der Waals surface area (Å²) in [5.41, 5.74) is 1.02. The van der Waals surface area contributed by atoms with Gasteiger partial charge in [-0.05, 0) is 42.8 Å². The lowest BCUT2D eigenvalue weighted by Crippen LogP contribution is -2.31. The molecule has 1 heterocycles. The van der Waals surface area contributed by atoms with Crippen LogP contribution in [0.5, 0.6) is 17.2 Å². The molecule has 0 bridgehead atoms. The number of nitrogens with one attached hydrogen (secondary N) is 1. The standard InChI is InChI=1S/C18H17NO6/c1-11(12-5-6-15-16(8-12)25-10-24-15)19-17(21)9-23-18(22)13-3-2-4-14(20)7-13/h2-8,11,20H,9-10H2,1H3,(H,19,21)/t11-/m0/s1. The van der Waals surface area contributed by atoms with Gasteiger partial charge in [0.05, 0.1) is 11.6 Å². The average Bonchev–Trinajstić information content (AvgIpc) is 3.07. The second-order valence-corrected chi connectivity index (χ2v) is 5.53. The SMILES string of the molecule is C[C@H](NC(=O)COC(=O)c1cccc(O)c1)c1ccc2c(c1)OCO2. The summed E-state index contributed by atoms with van der Waals surface area (Å²) in [6.45, 7) is 1.58. The van der Waals surface area contributed by atoms with Gasteiger partial charge in [-0.2, -0.15) is 0 Å². The van der Waals surface area contributed by atoms with Gasteiger partial charge in [0.25, 0.3) is 5.91 Å². The number of phenols is 1. The molecular weight excluding hydrogens is 326 g/mol. The van der Waals surface area contributed by atoms with Crippen molar-refractivity contribution < 1.29 is 28.9 Å². The van der Waals surface area contributed by atoms with Crippen LogP contribution in [-0.4, -0.2) is 30.4 Å². The lowest BCUT2D eigenvalue weighted by molar-refractivity contribution is -0.124. The Morgan fingerprint density at radius 1 is 1.20 bits per heavy atom. The summed E-state index contributed by atoms with van der Waals surface area (Å²) in [4.78, 5) is 23.8. The van der Waals surface area contributed by atoms with Crippen LogP contribution in [-0.2, 0) is 9.53 Å². The quantitative estimate of drug-likeness (QED) is 0.808. The minimum Gasteiger partial charge on any atom is -0.508 e. The molecule has 25 heavy (non-hydrogen) atoms. The van der Waals surface area contributed by atoms with Gasteiger partial charge >= 0.3 is 5.97 Å². The Bertz CT molecular complexity index is 804. The topological polar surface area (TPSA) is 94.1 Å². The number of benzene rings is 2. The molecular formula is C18H17NO6. The van der Waals surface area contributed by atoms with Crippen molar-refractivity contribution in [2.75, 3.05) is 13.4 Å². The van der Waals surface area contributed by atoms with Crippen molar-refractivity contribution in [1.29, 1.82) is 0 Å². The van der Waals surface area contributed by atoms with Crippen LogP contribution >= 0.6 is 0 Å². The number of amides is 1. The van der Waals surface area contributed by atoms with Crippen LogP contribution in [0, 0.1) is 0 Å². The van der Waals surface area contributed by atoms with E-state index in [-0.39, 0.29) is 24.1 Å². The molecule has 2 aromatic rings. The number of ether oxygens (including phenoxy) is 3. The molecule has 0 aromatic heterocycles. The molecule has 1 amide bonds. The first-order chi connectivity index (χ1) is 12.0. The number of fused-ring (bicyclic) bond motifs is 1. The van der Waals surface area contributed by atoms with E-state index in [0.29, 0.717) is 11.5 Å². The first-order valence-electron chi connectivity index (χ1n) is 7.68. The van der Waals surface area contributed by atoms with Crippen LogP contribution in [0.15, 0.2) is 42.5 Å². The van der Waals surface area contributed by atoms with E-state index in [2.05, 4.69) is 5.32 Å². The van der Waals surface area contributed by atoms with Crippen molar-refractivity contribution in [3.8, 4) is 17.2 Å². The summed E-state index contributed by atoms with van der Waals surface area (Å²) in [6.07, 6.45) is 0. The highest BCUT2D eigenvalue weighted by atomic mass is 16.7. The van der Waals surface area contributed by atoms with E-state index in [0.717, 1.165) is 5.56 Å². The van der Waals surface area contributed by atoms with E-state index >= 15 is 0 Å². The van der Waals surface area contributed by atoms with Gasteiger partial charge in [0.1, 0.15) is 5.75 Å². The molecule has 1 atom stereocenters. The summed E-state index contributed by atoms with van der Waals surface area (Å²) < 4.78 is 15.5. The molecule has 0 saturated heterocycles. The third kappa shape index (κ3) is 4.00. The maximum Gasteiger partial charge on any atom is 0.338 e. The highest BCUT2D eigenvalue weighted by Gasteiger charge is 2.17. The van der Waals surface area contributed by atoms with Crippen molar-refractivity contribution in [3.05, 3.63) is 53.6 Å². The van der Waals surface area contributed by atoms with Crippen LogP contribution in [0.25, 0.3) is 0 Å². The molecule has 2 N–H and O–H groups in total. The van der Waals surface area contributed by atoms with Crippen molar-refractivity contribution in [2.45, 2.75) is 13.0 Å². The van der Waals surface area contributed by atoms with Crippen LogP contribution in [0.4, 0.5) is 0 Å². The highest BCUT2D eigenvalue weighted by molar-refractivity contribution is 5.91. The van der Waals surface area contributed by atoms with Gasteiger partial charge in [-0.3, -0.25) is 4.79 Å². The smallest absolute Gasteiger partial charge is 0.338 e. The number of rotatable bonds is 5. The van der Waals surface area contributed by atoms with Gasteiger partial charge in [-0.25, -0.2) is 4.79 Å². The molecule has 7 nitrogen and oxygen atoms in total. The predicted octanol–water partition coefficient (Wildman–Crippen LogP) is 2.16. The highest BCUT2D eigenvalue weighted by Crippen LogP contribution is 2.34. The van der Waals surface area contributed by atoms with Crippen molar-refractivity contribution >= 4 is 11.9 Å². The third-order valence-corrected chi connectivity index (χ3v) is 3.69.